The van der Waals surface area contributed by atoms with Crippen LogP contribution >= 0.6 is 11.3 Å². The molecule has 0 radical (unpaired) electrons. The van der Waals surface area contributed by atoms with E-state index in [0.29, 0.717) is 10.2 Å². The monoisotopic (exact) mass is 331 g/mol. The van der Waals surface area contributed by atoms with E-state index in [9.17, 15) is 4.79 Å². The number of thiophene rings is 1. The highest BCUT2D eigenvalue weighted by Crippen LogP contribution is 2.16. The highest BCUT2D eigenvalue weighted by molar-refractivity contribution is 7.11. The molecule has 0 aliphatic carbocycles. The quantitative estimate of drug-likeness (QED) is 0.393. The van der Waals surface area contributed by atoms with Crippen LogP contribution in [0.15, 0.2) is 83.3 Å². The Labute approximate surface area is 142 Å². The summed E-state index contributed by atoms with van der Waals surface area (Å²) < 4.78 is 0. The summed E-state index contributed by atoms with van der Waals surface area (Å²) in [7, 11) is 0. The van der Waals surface area contributed by atoms with E-state index in [0.717, 1.165) is 21.5 Å². The van der Waals surface area contributed by atoms with Crippen LogP contribution in [0.1, 0.15) is 9.67 Å². The van der Waals surface area contributed by atoms with Crippen molar-refractivity contribution in [2.45, 2.75) is 0 Å². The summed E-state index contributed by atoms with van der Waals surface area (Å²) in [6.45, 7) is 0. The van der Waals surface area contributed by atoms with E-state index in [2.05, 4.69) is 17.3 Å². The third kappa shape index (κ3) is 2.68. The zero-order valence-electron chi connectivity index (χ0n) is 12.7. The van der Waals surface area contributed by atoms with Gasteiger partial charge in [-0.15, -0.1) is 11.3 Å². The van der Waals surface area contributed by atoms with Crippen molar-refractivity contribution < 1.29 is 9.63 Å². The first-order valence-electron chi connectivity index (χ1n) is 7.52. The van der Waals surface area contributed by atoms with Gasteiger partial charge in [0.2, 0.25) is 0 Å². The van der Waals surface area contributed by atoms with Crippen LogP contribution < -0.4 is 5.36 Å². The molecule has 0 spiro atoms. The van der Waals surface area contributed by atoms with Crippen LogP contribution in [0.4, 0.5) is 0 Å². The maximum absolute atomic E-state index is 12.1. The Kier molecular flexibility index (Phi) is 3.81. The Morgan fingerprint density at radius 3 is 2.00 bits per heavy atom. The first kappa shape index (κ1) is 14.6. The van der Waals surface area contributed by atoms with Gasteiger partial charge in [-0.05, 0) is 22.2 Å². The Bertz CT molecular complexity index is 1040. The van der Waals surface area contributed by atoms with Gasteiger partial charge in [0.1, 0.15) is 10.2 Å². The van der Waals surface area contributed by atoms with Crippen LogP contribution in [0.5, 0.6) is 0 Å². The molecule has 0 bridgehead atoms. The van der Waals surface area contributed by atoms with E-state index in [1.54, 1.807) is 6.07 Å². The van der Waals surface area contributed by atoms with Crippen molar-refractivity contribution in [2.75, 3.05) is 0 Å². The van der Waals surface area contributed by atoms with Gasteiger partial charge in [-0.3, -0.25) is 0 Å². The van der Waals surface area contributed by atoms with E-state index in [4.69, 9.17) is 4.84 Å². The molecular weight excluding hydrogens is 318 g/mol. The summed E-state index contributed by atoms with van der Waals surface area (Å²) in [5, 5.41) is 10.7. The Hall–Kier alpha value is -2.98. The third-order valence-electron chi connectivity index (χ3n) is 3.82. The number of carbonyl (C=O) groups is 1. The van der Waals surface area contributed by atoms with Gasteiger partial charge in [0, 0.05) is 10.8 Å². The number of nitrogens with zero attached hydrogens (tertiary/aromatic N) is 1. The first-order valence-corrected chi connectivity index (χ1v) is 8.40. The lowest BCUT2D eigenvalue weighted by Gasteiger charge is -1.97. The van der Waals surface area contributed by atoms with E-state index in [-0.39, 0.29) is 0 Å². The lowest BCUT2D eigenvalue weighted by molar-refractivity contribution is 0.0505. The minimum absolute atomic E-state index is 0.440. The summed E-state index contributed by atoms with van der Waals surface area (Å²) in [5.41, 5.74) is 0. The Morgan fingerprint density at radius 2 is 1.42 bits per heavy atom. The second-order valence-electron chi connectivity index (χ2n) is 5.30. The highest BCUT2D eigenvalue weighted by Gasteiger charge is 2.08. The second-order valence-corrected chi connectivity index (χ2v) is 6.25. The minimum atomic E-state index is -0.440. The summed E-state index contributed by atoms with van der Waals surface area (Å²) in [4.78, 5) is 17.9. The maximum atomic E-state index is 12.1. The SMILES string of the molecule is O=C(ON=c1c2ccccc2ccc2ccccc12)c1cccs1. The van der Waals surface area contributed by atoms with Crippen LogP contribution in [0.2, 0.25) is 0 Å². The van der Waals surface area contributed by atoms with Gasteiger partial charge in [0.15, 0.2) is 0 Å². The Morgan fingerprint density at radius 1 is 0.792 bits per heavy atom. The molecule has 3 nitrogen and oxygen atoms in total. The van der Waals surface area contributed by atoms with Crippen molar-refractivity contribution in [3.8, 4) is 0 Å². The highest BCUT2D eigenvalue weighted by atomic mass is 32.1. The molecule has 0 aliphatic rings. The van der Waals surface area contributed by atoms with E-state index in [1.165, 1.54) is 11.3 Å². The van der Waals surface area contributed by atoms with Gasteiger partial charge in [-0.1, -0.05) is 71.9 Å². The predicted molar refractivity (Wildman–Crippen MR) is 96.8 cm³/mol. The molecule has 4 rings (SSSR count). The average molecular weight is 331 g/mol. The standard InChI is InChI=1S/C20H13NO2S/c22-20(18-10-5-13-24-18)23-21-19-16-8-3-1-6-14(16)11-12-15-7-2-4-9-17(15)19/h1-13H. The fraction of sp³-hybridized carbons (Fsp3) is 0. The zero-order valence-corrected chi connectivity index (χ0v) is 13.5. The molecule has 0 fully saturated rings. The van der Waals surface area contributed by atoms with Crippen molar-refractivity contribution >= 4 is 38.9 Å². The molecule has 4 aromatic rings. The number of carbonyl (C=O) groups excluding carboxylic acids is 1. The average Bonchev–Trinajstić information content (AvgIpc) is 3.11. The van der Waals surface area contributed by atoms with E-state index in [1.807, 2.05) is 60.0 Å². The Balaban J connectivity index is 1.97. The van der Waals surface area contributed by atoms with Gasteiger partial charge in [0.05, 0.1) is 0 Å². The van der Waals surface area contributed by atoms with E-state index < -0.39 is 5.97 Å². The molecular formula is C20H13NO2S. The number of rotatable bonds is 2. The summed E-state index contributed by atoms with van der Waals surface area (Å²) in [6.07, 6.45) is 0. The molecule has 0 saturated carbocycles. The molecule has 0 amide bonds. The van der Waals surface area contributed by atoms with Gasteiger partial charge >= 0.3 is 5.97 Å². The van der Waals surface area contributed by atoms with Crippen LogP contribution in [0.3, 0.4) is 0 Å². The fourth-order valence-electron chi connectivity index (χ4n) is 2.67. The summed E-state index contributed by atoms with van der Waals surface area (Å²) >= 11 is 1.34. The molecule has 0 N–H and O–H groups in total. The lowest BCUT2D eigenvalue weighted by Crippen LogP contribution is -2.07. The van der Waals surface area contributed by atoms with Crippen LogP contribution in [0, 0.1) is 0 Å². The lowest BCUT2D eigenvalue weighted by atomic mass is 10.1. The van der Waals surface area contributed by atoms with Crippen molar-refractivity contribution in [2.24, 2.45) is 5.16 Å². The molecule has 24 heavy (non-hydrogen) atoms. The molecule has 1 heterocycles. The predicted octanol–water partition coefficient (Wildman–Crippen LogP) is 4.73. The van der Waals surface area contributed by atoms with Gasteiger partial charge in [-0.2, -0.15) is 0 Å². The summed E-state index contributed by atoms with van der Waals surface area (Å²) in [6, 6.07) is 23.5. The van der Waals surface area contributed by atoms with Gasteiger partial charge in [0.25, 0.3) is 0 Å². The normalized spacial score (nSPS) is 10.7. The number of fused-ring (bicyclic) bond motifs is 2. The number of hydrogen-bond acceptors (Lipinski definition) is 4. The molecule has 4 heteroatoms. The van der Waals surface area contributed by atoms with Crippen molar-refractivity contribution in [1.29, 1.82) is 0 Å². The molecule has 116 valence electrons. The second kappa shape index (κ2) is 6.26. The third-order valence-corrected chi connectivity index (χ3v) is 4.67. The maximum Gasteiger partial charge on any atom is 0.375 e. The molecule has 0 unspecified atom stereocenters. The fourth-order valence-corrected chi connectivity index (χ4v) is 3.26. The summed E-state index contributed by atoms with van der Waals surface area (Å²) in [5.74, 6) is -0.440. The topological polar surface area (TPSA) is 38.7 Å². The number of benzene rings is 2. The minimum Gasteiger partial charge on any atom is -0.311 e. The van der Waals surface area contributed by atoms with Gasteiger partial charge in [-0.25, -0.2) is 4.79 Å². The number of hydrogen-bond donors (Lipinski definition) is 0. The zero-order chi connectivity index (χ0) is 16.4. The molecule has 0 saturated heterocycles. The van der Waals surface area contributed by atoms with E-state index >= 15 is 0 Å². The molecule has 1 aromatic heterocycles. The first-order chi connectivity index (χ1) is 11.8. The largest absolute Gasteiger partial charge is 0.375 e. The van der Waals surface area contributed by atoms with Gasteiger partial charge < -0.3 is 4.84 Å². The smallest absolute Gasteiger partial charge is 0.311 e. The van der Waals surface area contributed by atoms with Crippen LogP contribution in [0.25, 0.3) is 21.5 Å². The van der Waals surface area contributed by atoms with Crippen LogP contribution in [-0.2, 0) is 4.84 Å². The molecule has 3 aromatic carbocycles. The molecule has 0 aliphatic heterocycles. The van der Waals surface area contributed by atoms with Crippen LogP contribution in [-0.4, -0.2) is 5.97 Å². The van der Waals surface area contributed by atoms with Crippen molar-refractivity contribution in [3.05, 3.63) is 88.4 Å². The molecule has 0 atom stereocenters. The van der Waals surface area contributed by atoms with Crippen molar-refractivity contribution in [1.82, 2.24) is 0 Å². The van der Waals surface area contributed by atoms with Crippen molar-refractivity contribution in [3.63, 3.8) is 0 Å².